The van der Waals surface area contributed by atoms with Gasteiger partial charge in [-0.2, -0.15) is 0 Å². The second-order valence-corrected chi connectivity index (χ2v) is 2.33. The summed E-state index contributed by atoms with van der Waals surface area (Å²) in [4.78, 5) is 0. The summed E-state index contributed by atoms with van der Waals surface area (Å²) in [6.07, 6.45) is -6.78. The molecule has 1 aromatic carbocycles. The molecular weight excluding hydrogens is 185 g/mol. The van der Waals surface area contributed by atoms with Gasteiger partial charge in [-0.3, -0.25) is 4.74 Å². The van der Waals surface area contributed by atoms with Gasteiger partial charge in [-0.05, 0) is 0 Å². The second-order valence-electron chi connectivity index (χ2n) is 2.33. The standard InChI is InChI=1S/C8H7F3O2/c9-8(10,11)13-7(12)6-4-2-1-3-5-6/h1-5,7,12H. The van der Waals surface area contributed by atoms with Gasteiger partial charge < -0.3 is 5.11 Å². The Bertz CT molecular complexity index is 258. The summed E-state index contributed by atoms with van der Waals surface area (Å²) in [5, 5.41) is 8.91. The van der Waals surface area contributed by atoms with Crippen molar-refractivity contribution in [3.05, 3.63) is 35.9 Å². The molecule has 0 amide bonds. The zero-order chi connectivity index (χ0) is 9.90. The van der Waals surface area contributed by atoms with Crippen LogP contribution in [0.2, 0.25) is 0 Å². The Hall–Kier alpha value is -1.07. The maximum atomic E-state index is 11.6. The van der Waals surface area contributed by atoms with E-state index >= 15 is 0 Å². The lowest BCUT2D eigenvalue weighted by Crippen LogP contribution is -2.17. The summed E-state index contributed by atoms with van der Waals surface area (Å²) in [7, 11) is 0. The third-order valence-electron chi connectivity index (χ3n) is 1.33. The van der Waals surface area contributed by atoms with Crippen LogP contribution >= 0.6 is 0 Å². The van der Waals surface area contributed by atoms with Gasteiger partial charge in [0.05, 0.1) is 0 Å². The Kier molecular flexibility index (Phi) is 2.90. The second kappa shape index (κ2) is 3.76. The van der Waals surface area contributed by atoms with Gasteiger partial charge in [0.1, 0.15) is 0 Å². The van der Waals surface area contributed by atoms with Gasteiger partial charge in [0.15, 0.2) is 6.29 Å². The highest BCUT2D eigenvalue weighted by atomic mass is 19.4. The van der Waals surface area contributed by atoms with Gasteiger partial charge in [-0.15, -0.1) is 13.2 Å². The molecule has 1 aromatic rings. The summed E-state index contributed by atoms with van der Waals surface area (Å²) in [5.41, 5.74) is 0.0693. The van der Waals surface area contributed by atoms with Crippen LogP contribution in [0, 0.1) is 0 Å². The molecule has 0 radical (unpaired) electrons. The molecule has 72 valence electrons. The van der Waals surface area contributed by atoms with E-state index in [-0.39, 0.29) is 5.56 Å². The van der Waals surface area contributed by atoms with Gasteiger partial charge in [0.2, 0.25) is 0 Å². The topological polar surface area (TPSA) is 29.5 Å². The molecule has 0 spiro atoms. The van der Waals surface area contributed by atoms with E-state index in [4.69, 9.17) is 5.11 Å². The lowest BCUT2D eigenvalue weighted by Gasteiger charge is -2.13. The molecule has 13 heavy (non-hydrogen) atoms. The molecule has 0 bridgehead atoms. The van der Waals surface area contributed by atoms with Gasteiger partial charge in [0, 0.05) is 5.56 Å². The summed E-state index contributed by atoms with van der Waals surface area (Å²) in [6.45, 7) is 0. The zero-order valence-electron chi connectivity index (χ0n) is 6.45. The smallest absolute Gasteiger partial charge is 0.364 e. The molecule has 2 nitrogen and oxygen atoms in total. The van der Waals surface area contributed by atoms with Crippen LogP contribution in [-0.4, -0.2) is 11.5 Å². The molecule has 0 aliphatic rings. The number of hydrogen-bond donors (Lipinski definition) is 1. The molecular formula is C8H7F3O2. The quantitative estimate of drug-likeness (QED) is 0.728. The van der Waals surface area contributed by atoms with E-state index in [1.165, 1.54) is 24.3 Å². The molecule has 0 aliphatic carbocycles. The number of ether oxygens (including phenoxy) is 1. The van der Waals surface area contributed by atoms with Crippen LogP contribution in [0.25, 0.3) is 0 Å². The SMILES string of the molecule is OC(OC(F)(F)F)c1ccccc1. The van der Waals surface area contributed by atoms with E-state index < -0.39 is 12.7 Å². The van der Waals surface area contributed by atoms with Crippen LogP contribution in [0.4, 0.5) is 13.2 Å². The first-order valence-corrected chi connectivity index (χ1v) is 3.46. The number of aliphatic hydroxyl groups is 1. The lowest BCUT2D eigenvalue weighted by molar-refractivity contribution is -0.375. The Labute approximate surface area is 72.6 Å². The molecule has 1 atom stereocenters. The number of rotatable bonds is 2. The molecule has 0 aromatic heterocycles. The van der Waals surface area contributed by atoms with E-state index in [1.54, 1.807) is 6.07 Å². The molecule has 0 heterocycles. The highest BCUT2D eigenvalue weighted by Gasteiger charge is 2.33. The molecule has 0 fully saturated rings. The summed E-state index contributed by atoms with van der Waals surface area (Å²) in [6, 6.07) is 7.34. The predicted molar refractivity (Wildman–Crippen MR) is 38.5 cm³/mol. The molecule has 1 N–H and O–H groups in total. The van der Waals surface area contributed by atoms with Crippen LogP contribution in [0.3, 0.4) is 0 Å². The largest absolute Gasteiger partial charge is 0.525 e. The van der Waals surface area contributed by atoms with Gasteiger partial charge >= 0.3 is 6.36 Å². The van der Waals surface area contributed by atoms with E-state index in [1.807, 2.05) is 0 Å². The van der Waals surface area contributed by atoms with E-state index in [2.05, 4.69) is 4.74 Å². The zero-order valence-corrected chi connectivity index (χ0v) is 6.45. The average molecular weight is 192 g/mol. The Morgan fingerprint density at radius 3 is 2.15 bits per heavy atom. The Balaban J connectivity index is 2.64. The minimum absolute atomic E-state index is 0.0693. The number of hydrogen-bond acceptors (Lipinski definition) is 2. The molecule has 0 aliphatic heterocycles. The van der Waals surface area contributed by atoms with Crippen molar-refractivity contribution in [2.45, 2.75) is 12.7 Å². The van der Waals surface area contributed by atoms with Crippen LogP contribution in [-0.2, 0) is 4.74 Å². The fraction of sp³-hybridized carbons (Fsp3) is 0.250. The van der Waals surface area contributed by atoms with Crippen LogP contribution in [0.1, 0.15) is 11.9 Å². The van der Waals surface area contributed by atoms with E-state index in [0.29, 0.717) is 0 Å². The normalized spacial score (nSPS) is 14.2. The summed E-state index contributed by atoms with van der Waals surface area (Å²) >= 11 is 0. The van der Waals surface area contributed by atoms with E-state index in [9.17, 15) is 13.2 Å². The first-order valence-electron chi connectivity index (χ1n) is 3.46. The van der Waals surface area contributed by atoms with E-state index in [0.717, 1.165) is 0 Å². The monoisotopic (exact) mass is 192 g/mol. The summed E-state index contributed by atoms with van der Waals surface area (Å²) < 4.78 is 38.2. The number of alkyl halides is 3. The van der Waals surface area contributed by atoms with Crippen molar-refractivity contribution in [2.75, 3.05) is 0 Å². The van der Waals surface area contributed by atoms with Gasteiger partial charge in [-0.25, -0.2) is 0 Å². The first kappa shape index (κ1) is 10.0. The molecule has 5 heteroatoms. The fourth-order valence-corrected chi connectivity index (χ4v) is 0.812. The van der Waals surface area contributed by atoms with Gasteiger partial charge in [0.25, 0.3) is 0 Å². The van der Waals surface area contributed by atoms with Crippen molar-refractivity contribution in [1.29, 1.82) is 0 Å². The minimum Gasteiger partial charge on any atom is -0.364 e. The molecule has 1 rings (SSSR count). The highest BCUT2D eigenvalue weighted by Crippen LogP contribution is 2.25. The summed E-state index contributed by atoms with van der Waals surface area (Å²) in [5.74, 6) is 0. The fourth-order valence-electron chi connectivity index (χ4n) is 0.812. The van der Waals surface area contributed by atoms with Crippen molar-refractivity contribution >= 4 is 0 Å². The minimum atomic E-state index is -4.82. The van der Waals surface area contributed by atoms with Gasteiger partial charge in [-0.1, -0.05) is 30.3 Å². The van der Waals surface area contributed by atoms with Crippen LogP contribution in [0.15, 0.2) is 30.3 Å². The predicted octanol–water partition coefficient (Wildman–Crippen LogP) is 2.21. The third kappa shape index (κ3) is 3.43. The first-order chi connectivity index (χ1) is 5.99. The maximum absolute atomic E-state index is 11.6. The number of benzene rings is 1. The van der Waals surface area contributed by atoms with Crippen molar-refractivity contribution in [1.82, 2.24) is 0 Å². The van der Waals surface area contributed by atoms with Crippen molar-refractivity contribution in [3.63, 3.8) is 0 Å². The Morgan fingerprint density at radius 1 is 1.15 bits per heavy atom. The van der Waals surface area contributed by atoms with Crippen molar-refractivity contribution in [3.8, 4) is 0 Å². The van der Waals surface area contributed by atoms with Crippen LogP contribution < -0.4 is 0 Å². The maximum Gasteiger partial charge on any atom is 0.525 e. The molecule has 0 saturated carbocycles. The third-order valence-corrected chi connectivity index (χ3v) is 1.33. The van der Waals surface area contributed by atoms with Crippen LogP contribution in [0.5, 0.6) is 0 Å². The van der Waals surface area contributed by atoms with Crippen molar-refractivity contribution in [2.24, 2.45) is 0 Å². The lowest BCUT2D eigenvalue weighted by atomic mass is 10.2. The molecule has 0 saturated heterocycles. The number of aliphatic hydroxyl groups excluding tert-OH is 1. The number of halogens is 3. The van der Waals surface area contributed by atoms with Crippen molar-refractivity contribution < 1.29 is 23.0 Å². The highest BCUT2D eigenvalue weighted by molar-refractivity contribution is 5.15. The average Bonchev–Trinajstić information content (AvgIpc) is 2.03. The Morgan fingerprint density at radius 2 is 1.69 bits per heavy atom. The molecule has 1 unspecified atom stereocenters.